The Labute approximate surface area is 181 Å². The van der Waals surface area contributed by atoms with Crippen LogP contribution >= 0.6 is 0 Å². The average Bonchev–Trinajstić information content (AvgIpc) is 3.07. The topological polar surface area (TPSA) is 112 Å². The summed E-state index contributed by atoms with van der Waals surface area (Å²) in [6.07, 6.45) is 4.70. The van der Waals surface area contributed by atoms with Gasteiger partial charge in [0.05, 0.1) is 12.5 Å². The van der Waals surface area contributed by atoms with Crippen LogP contribution in [-0.4, -0.2) is 95.9 Å². The molecule has 0 aromatic heterocycles. The quantitative estimate of drug-likeness (QED) is 0.361. The maximum absolute atomic E-state index is 12.9. The van der Waals surface area contributed by atoms with E-state index >= 15 is 0 Å². The lowest BCUT2D eigenvalue weighted by Crippen LogP contribution is -2.73. The number of likely N-dealkylation sites (tertiary alicyclic amines) is 1. The Morgan fingerprint density at radius 2 is 1.68 bits per heavy atom. The predicted molar refractivity (Wildman–Crippen MR) is 109 cm³/mol. The number of imide groups is 2. The van der Waals surface area contributed by atoms with E-state index in [1.54, 1.807) is 7.05 Å². The number of rotatable bonds is 4. The minimum atomic E-state index is -2.01. The van der Waals surface area contributed by atoms with Crippen LogP contribution < -0.4 is 0 Å². The fourth-order valence-electron chi connectivity index (χ4n) is 4.13. The van der Waals surface area contributed by atoms with Gasteiger partial charge in [-0.05, 0) is 37.3 Å². The first-order valence-corrected chi connectivity index (χ1v) is 10.8. The molecule has 0 aliphatic carbocycles. The van der Waals surface area contributed by atoms with E-state index in [4.69, 9.17) is 9.57 Å². The molecule has 0 radical (unpaired) electrons. The Morgan fingerprint density at radius 1 is 1.10 bits per heavy atom. The van der Waals surface area contributed by atoms with Crippen molar-refractivity contribution < 1.29 is 28.8 Å². The molecule has 11 heteroatoms. The van der Waals surface area contributed by atoms with Crippen LogP contribution in [0.25, 0.3) is 0 Å². The summed E-state index contributed by atoms with van der Waals surface area (Å²) in [4.78, 5) is 60.6. The van der Waals surface area contributed by atoms with Crippen molar-refractivity contribution in [2.24, 2.45) is 11.1 Å². The van der Waals surface area contributed by atoms with Gasteiger partial charge >= 0.3 is 29.5 Å². The van der Waals surface area contributed by atoms with Crippen LogP contribution in [0.3, 0.4) is 0 Å². The van der Waals surface area contributed by atoms with Crippen molar-refractivity contribution in [3.63, 3.8) is 0 Å². The number of likely N-dealkylation sites (N-methyl/N-ethyl adjacent to an activating group) is 3. The number of esters is 1. The largest absolute Gasteiger partial charge is 0.465 e. The maximum atomic E-state index is 12.9. The molecule has 0 aromatic rings. The molecule has 31 heavy (non-hydrogen) atoms. The Hall–Kier alpha value is -2.85. The van der Waals surface area contributed by atoms with Gasteiger partial charge in [0.15, 0.2) is 0 Å². The molecule has 0 saturated carbocycles. The number of carbonyl (C=O) groups is 4. The molecule has 1 spiro atoms. The van der Waals surface area contributed by atoms with Crippen LogP contribution in [0.4, 0.5) is 4.79 Å². The maximum Gasteiger partial charge on any atom is 0.370 e. The lowest BCUT2D eigenvalue weighted by atomic mass is 9.95. The summed E-state index contributed by atoms with van der Waals surface area (Å²) in [5, 5.41) is 4.06. The van der Waals surface area contributed by atoms with Gasteiger partial charge in [0.2, 0.25) is 5.96 Å². The molecule has 3 aliphatic rings. The second-order valence-electron chi connectivity index (χ2n) is 8.19. The van der Waals surface area contributed by atoms with Gasteiger partial charge in [-0.15, -0.1) is 0 Å². The zero-order valence-electron chi connectivity index (χ0n) is 18.6. The second-order valence-corrected chi connectivity index (χ2v) is 8.19. The SMILES string of the molecule is CCCCOC(=O)C1CCCN(C2=NOC3(C(=O)N(C)C(=O)N(C)C3=O)N2C)CCC1. The van der Waals surface area contributed by atoms with Gasteiger partial charge in [0.25, 0.3) is 0 Å². The highest BCUT2D eigenvalue weighted by Crippen LogP contribution is 2.33. The van der Waals surface area contributed by atoms with Crippen LogP contribution in [0.15, 0.2) is 5.16 Å². The van der Waals surface area contributed by atoms with Crippen LogP contribution in [0.1, 0.15) is 45.4 Å². The van der Waals surface area contributed by atoms with Crippen molar-refractivity contribution >= 4 is 29.8 Å². The highest BCUT2D eigenvalue weighted by atomic mass is 16.7. The van der Waals surface area contributed by atoms with E-state index in [1.165, 1.54) is 19.0 Å². The van der Waals surface area contributed by atoms with E-state index in [1.807, 2.05) is 4.90 Å². The van der Waals surface area contributed by atoms with E-state index in [-0.39, 0.29) is 11.9 Å². The van der Waals surface area contributed by atoms with Gasteiger partial charge in [-0.1, -0.05) is 13.3 Å². The van der Waals surface area contributed by atoms with E-state index < -0.39 is 23.6 Å². The number of hydrogen-bond acceptors (Lipinski definition) is 9. The number of nitrogens with zero attached hydrogens (tertiary/aromatic N) is 5. The summed E-state index contributed by atoms with van der Waals surface area (Å²) in [7, 11) is 4.17. The van der Waals surface area contributed by atoms with Crippen LogP contribution in [0.5, 0.6) is 0 Å². The molecular weight excluding hydrogens is 406 g/mol. The number of guanidine groups is 1. The third-order valence-corrected chi connectivity index (χ3v) is 6.11. The fourth-order valence-corrected chi connectivity index (χ4v) is 4.13. The molecule has 2 fully saturated rings. The molecule has 0 atom stereocenters. The van der Waals surface area contributed by atoms with Gasteiger partial charge in [-0.2, -0.15) is 0 Å². The molecular formula is C20H31N5O6. The van der Waals surface area contributed by atoms with Crippen LogP contribution in [0, 0.1) is 5.92 Å². The summed E-state index contributed by atoms with van der Waals surface area (Å²) in [6, 6.07) is -0.714. The van der Waals surface area contributed by atoms with Gasteiger partial charge in [-0.25, -0.2) is 4.79 Å². The standard InChI is InChI=1S/C20H31N5O6/c1-5-6-13-30-15(26)14-9-7-11-25(12-8-10-14)18-21-31-20(24(18)4)16(27)22(2)19(29)23(3)17(20)28/h14H,5-13H2,1-4H3. The minimum Gasteiger partial charge on any atom is -0.465 e. The fraction of sp³-hybridized carbons (Fsp3) is 0.750. The summed E-state index contributed by atoms with van der Waals surface area (Å²) in [5.74, 6) is -1.43. The third kappa shape index (κ3) is 3.92. The Balaban J connectivity index is 1.65. The molecule has 172 valence electrons. The second kappa shape index (κ2) is 9.11. The highest BCUT2D eigenvalue weighted by molar-refractivity contribution is 6.22. The molecule has 3 heterocycles. The first kappa shape index (κ1) is 22.8. The molecule has 3 aliphatic heterocycles. The number of unbranched alkanes of at least 4 members (excludes halogenated alkanes) is 1. The Kier molecular flexibility index (Phi) is 6.71. The minimum absolute atomic E-state index is 0.111. The average molecular weight is 437 g/mol. The van der Waals surface area contributed by atoms with Gasteiger partial charge in [0.1, 0.15) is 0 Å². The Morgan fingerprint density at radius 3 is 2.23 bits per heavy atom. The number of amides is 4. The van der Waals surface area contributed by atoms with Crippen molar-refractivity contribution in [1.82, 2.24) is 19.6 Å². The smallest absolute Gasteiger partial charge is 0.370 e. The lowest BCUT2D eigenvalue weighted by molar-refractivity contribution is -0.186. The van der Waals surface area contributed by atoms with Crippen molar-refractivity contribution in [2.75, 3.05) is 40.8 Å². The number of barbiturate groups is 1. The molecule has 3 rings (SSSR count). The van der Waals surface area contributed by atoms with Crippen LogP contribution in [-0.2, 0) is 24.0 Å². The van der Waals surface area contributed by atoms with Crippen molar-refractivity contribution in [3.05, 3.63) is 0 Å². The van der Waals surface area contributed by atoms with Crippen LogP contribution in [0.2, 0.25) is 0 Å². The van der Waals surface area contributed by atoms with E-state index in [0.717, 1.165) is 35.5 Å². The lowest BCUT2D eigenvalue weighted by Gasteiger charge is -2.41. The van der Waals surface area contributed by atoms with Crippen molar-refractivity contribution in [3.8, 4) is 0 Å². The summed E-state index contributed by atoms with van der Waals surface area (Å²) in [6.45, 7) is 3.70. The molecule has 4 amide bonds. The van der Waals surface area contributed by atoms with Gasteiger partial charge in [-0.3, -0.25) is 29.1 Å². The normalized spacial score (nSPS) is 22.5. The van der Waals surface area contributed by atoms with Gasteiger partial charge in [0, 0.05) is 34.2 Å². The zero-order valence-corrected chi connectivity index (χ0v) is 18.6. The first-order valence-electron chi connectivity index (χ1n) is 10.8. The number of ether oxygens (including phenoxy) is 1. The van der Waals surface area contributed by atoms with Crippen molar-refractivity contribution in [2.45, 2.75) is 51.2 Å². The molecule has 0 unspecified atom stereocenters. The number of oxime groups is 1. The molecule has 0 N–H and O–H groups in total. The van der Waals surface area contributed by atoms with E-state index in [2.05, 4.69) is 12.1 Å². The Bertz CT molecular complexity index is 750. The monoisotopic (exact) mass is 437 g/mol. The molecule has 0 aromatic carbocycles. The first-order chi connectivity index (χ1) is 14.8. The highest BCUT2D eigenvalue weighted by Gasteiger charge is 2.65. The summed E-state index contributed by atoms with van der Waals surface area (Å²) in [5.41, 5.74) is -2.01. The zero-order chi connectivity index (χ0) is 22.8. The summed E-state index contributed by atoms with van der Waals surface area (Å²) >= 11 is 0. The summed E-state index contributed by atoms with van der Waals surface area (Å²) < 4.78 is 5.37. The molecule has 0 bridgehead atoms. The number of urea groups is 1. The van der Waals surface area contributed by atoms with E-state index in [9.17, 15) is 19.2 Å². The predicted octanol–water partition coefficient (Wildman–Crippen LogP) is 0.802. The molecule has 2 saturated heterocycles. The van der Waals surface area contributed by atoms with Crippen molar-refractivity contribution in [1.29, 1.82) is 0 Å². The molecule has 11 nitrogen and oxygen atoms in total. The number of carbonyl (C=O) groups excluding carboxylic acids is 4. The van der Waals surface area contributed by atoms with E-state index in [0.29, 0.717) is 38.5 Å². The number of hydrogen-bond donors (Lipinski definition) is 0. The van der Waals surface area contributed by atoms with Gasteiger partial charge < -0.3 is 14.5 Å². The third-order valence-electron chi connectivity index (χ3n) is 6.11.